The van der Waals surface area contributed by atoms with Crippen LogP contribution in [0.2, 0.25) is 0 Å². The van der Waals surface area contributed by atoms with E-state index < -0.39 is 21.5 Å². The van der Waals surface area contributed by atoms with Crippen LogP contribution in [0.3, 0.4) is 0 Å². The molecule has 1 aliphatic heterocycles. The molecule has 0 saturated carbocycles. The average molecular weight is 401 g/mol. The zero-order chi connectivity index (χ0) is 20.1. The Labute approximate surface area is 160 Å². The number of hydrogen-bond acceptors (Lipinski definition) is 6. The van der Waals surface area contributed by atoms with Crippen LogP contribution in [-0.2, 0) is 21.1 Å². The number of nitrogens with one attached hydrogen (secondary N) is 1. The highest BCUT2D eigenvalue weighted by atomic mass is 32.2. The molecule has 3 heterocycles. The molecule has 0 fully saturated rings. The first kappa shape index (κ1) is 18.5. The van der Waals surface area contributed by atoms with Crippen molar-refractivity contribution in [3.05, 3.63) is 57.0 Å². The second kappa shape index (κ2) is 6.63. The van der Waals surface area contributed by atoms with Crippen molar-refractivity contribution >= 4 is 37.7 Å². The minimum Gasteiger partial charge on any atom is -0.464 e. The summed E-state index contributed by atoms with van der Waals surface area (Å²) < 4.78 is 33.7. The smallest absolute Gasteiger partial charge is 0.339 e. The summed E-state index contributed by atoms with van der Waals surface area (Å²) in [6, 6.07) is 3.11. The van der Waals surface area contributed by atoms with Gasteiger partial charge >= 0.3 is 5.63 Å². The summed E-state index contributed by atoms with van der Waals surface area (Å²) in [6.07, 6.45) is 3.39. The number of hydrogen-bond donors (Lipinski definition) is 1. The quantitative estimate of drug-likeness (QED) is 0.673. The molecule has 1 amide bonds. The number of sulfone groups is 1. The van der Waals surface area contributed by atoms with Crippen molar-refractivity contribution < 1.29 is 22.0 Å². The van der Waals surface area contributed by atoms with Crippen molar-refractivity contribution in [2.45, 2.75) is 32.7 Å². The van der Waals surface area contributed by atoms with Crippen LogP contribution in [-0.4, -0.2) is 26.1 Å². The van der Waals surface area contributed by atoms with Gasteiger partial charge in [-0.15, -0.1) is 0 Å². The number of carbonyl (C=O) groups is 1. The maximum Gasteiger partial charge on any atom is 0.339 e. The molecule has 0 saturated heterocycles. The molecule has 1 N–H and O–H groups in total. The van der Waals surface area contributed by atoms with E-state index in [0.717, 1.165) is 27.3 Å². The molecule has 1 aliphatic rings. The molecule has 1 aromatic carbocycles. The van der Waals surface area contributed by atoms with Crippen molar-refractivity contribution in [1.82, 2.24) is 5.32 Å². The zero-order valence-electron chi connectivity index (χ0n) is 15.4. The van der Waals surface area contributed by atoms with Gasteiger partial charge in [0, 0.05) is 34.2 Å². The van der Waals surface area contributed by atoms with Gasteiger partial charge in [0.2, 0.25) is 5.91 Å². The topological polar surface area (TPSA) is 107 Å². The van der Waals surface area contributed by atoms with Crippen molar-refractivity contribution in [3.8, 4) is 0 Å². The molecule has 7 nitrogen and oxygen atoms in total. The summed E-state index contributed by atoms with van der Waals surface area (Å²) in [7, 11) is -3.23. The monoisotopic (exact) mass is 401 g/mol. The highest BCUT2D eigenvalue weighted by molar-refractivity contribution is 7.94. The van der Waals surface area contributed by atoms with Crippen molar-refractivity contribution in [1.29, 1.82) is 0 Å². The fourth-order valence-electron chi connectivity index (χ4n) is 3.51. The van der Waals surface area contributed by atoms with Crippen LogP contribution in [0.25, 0.3) is 21.9 Å². The third kappa shape index (κ3) is 3.35. The fourth-order valence-corrected chi connectivity index (χ4v) is 4.74. The largest absolute Gasteiger partial charge is 0.464 e. The molecule has 28 heavy (non-hydrogen) atoms. The number of rotatable bonds is 4. The van der Waals surface area contributed by atoms with Gasteiger partial charge in [-0.1, -0.05) is 0 Å². The average Bonchev–Trinajstić information content (AvgIpc) is 3.15. The summed E-state index contributed by atoms with van der Waals surface area (Å²) in [5, 5.41) is 5.52. The van der Waals surface area contributed by atoms with Gasteiger partial charge in [0.15, 0.2) is 9.84 Å². The van der Waals surface area contributed by atoms with E-state index >= 15 is 0 Å². The predicted molar refractivity (Wildman–Crippen MR) is 105 cm³/mol. The molecule has 0 spiro atoms. The molecular formula is C20H19NO6S. The standard InChI is InChI=1S/C20H19NO6S/c1-11-9-26-17-8-18-16(7-15(11)17)12(2)14(20(23)27-18)3-4-19(22)21-13-5-6-28(24,25)10-13/h5-9,13H,3-4,10H2,1-2H3,(H,21,22)/t13-/m1/s1. The van der Waals surface area contributed by atoms with Crippen LogP contribution in [0.4, 0.5) is 0 Å². The molecular weight excluding hydrogens is 382 g/mol. The lowest BCUT2D eigenvalue weighted by atomic mass is 10.0. The second-order valence-corrected chi connectivity index (χ2v) is 9.02. The van der Waals surface area contributed by atoms with Gasteiger partial charge in [-0.3, -0.25) is 4.79 Å². The summed E-state index contributed by atoms with van der Waals surface area (Å²) >= 11 is 0. The molecule has 0 bridgehead atoms. The van der Waals surface area contributed by atoms with E-state index in [-0.39, 0.29) is 24.5 Å². The third-order valence-electron chi connectivity index (χ3n) is 5.05. The molecule has 8 heteroatoms. The SMILES string of the molecule is Cc1coc2cc3oc(=O)c(CCC(=O)N[C@@H]4C=CS(=O)(=O)C4)c(C)c3cc12. The Balaban J connectivity index is 1.57. The van der Waals surface area contributed by atoms with Gasteiger partial charge in [-0.2, -0.15) is 0 Å². The van der Waals surface area contributed by atoms with Crippen LogP contribution in [0.1, 0.15) is 23.1 Å². The van der Waals surface area contributed by atoms with Gasteiger partial charge in [0.05, 0.1) is 18.1 Å². The number of amides is 1. The van der Waals surface area contributed by atoms with Crippen molar-refractivity contribution in [3.63, 3.8) is 0 Å². The second-order valence-electron chi connectivity index (χ2n) is 7.09. The lowest BCUT2D eigenvalue weighted by Gasteiger charge is -2.11. The summed E-state index contributed by atoms with van der Waals surface area (Å²) in [4.78, 5) is 24.6. The maximum absolute atomic E-state index is 12.4. The normalized spacial score (nSPS) is 18.1. The van der Waals surface area contributed by atoms with E-state index in [2.05, 4.69) is 5.32 Å². The van der Waals surface area contributed by atoms with E-state index in [1.165, 1.54) is 6.08 Å². The Morgan fingerprint density at radius 3 is 2.71 bits per heavy atom. The van der Waals surface area contributed by atoms with Gasteiger partial charge in [-0.25, -0.2) is 13.2 Å². The Kier molecular flexibility index (Phi) is 4.38. The number of aryl methyl sites for hydroxylation is 2. The Morgan fingerprint density at radius 2 is 2.00 bits per heavy atom. The number of furan rings is 1. The molecule has 146 valence electrons. The molecule has 0 radical (unpaired) electrons. The van der Waals surface area contributed by atoms with Gasteiger partial charge in [0.1, 0.15) is 11.2 Å². The number of benzene rings is 1. The molecule has 1 atom stereocenters. The van der Waals surface area contributed by atoms with Gasteiger partial charge in [0.25, 0.3) is 0 Å². The first-order chi connectivity index (χ1) is 13.2. The van der Waals surface area contributed by atoms with Gasteiger partial charge < -0.3 is 14.2 Å². The minimum atomic E-state index is -3.23. The summed E-state index contributed by atoms with van der Waals surface area (Å²) in [5.74, 6) is -0.442. The van der Waals surface area contributed by atoms with Crippen LogP contribution in [0.15, 0.2) is 43.5 Å². The highest BCUT2D eigenvalue weighted by Gasteiger charge is 2.23. The Hall–Kier alpha value is -2.87. The maximum atomic E-state index is 12.4. The zero-order valence-corrected chi connectivity index (χ0v) is 16.3. The van der Waals surface area contributed by atoms with E-state index in [9.17, 15) is 18.0 Å². The van der Waals surface area contributed by atoms with E-state index in [1.54, 1.807) is 12.3 Å². The minimum absolute atomic E-state index is 0.0640. The molecule has 2 aromatic heterocycles. The number of carbonyl (C=O) groups excluding carboxylic acids is 1. The van der Waals surface area contributed by atoms with E-state index in [1.807, 2.05) is 19.9 Å². The summed E-state index contributed by atoms with van der Waals surface area (Å²) in [6.45, 7) is 3.77. The van der Waals surface area contributed by atoms with Crippen LogP contribution in [0, 0.1) is 13.8 Å². The van der Waals surface area contributed by atoms with Crippen LogP contribution < -0.4 is 10.9 Å². The number of fused-ring (bicyclic) bond motifs is 2. The molecule has 0 aliphatic carbocycles. The first-order valence-electron chi connectivity index (χ1n) is 8.88. The van der Waals surface area contributed by atoms with Crippen molar-refractivity contribution in [2.24, 2.45) is 0 Å². The lowest BCUT2D eigenvalue weighted by molar-refractivity contribution is -0.121. The molecule has 0 unspecified atom stereocenters. The van der Waals surface area contributed by atoms with Crippen molar-refractivity contribution in [2.75, 3.05) is 5.75 Å². The summed E-state index contributed by atoms with van der Waals surface area (Å²) in [5.41, 5.74) is 2.81. The lowest BCUT2D eigenvalue weighted by Crippen LogP contribution is -2.35. The Bertz CT molecular complexity index is 1300. The highest BCUT2D eigenvalue weighted by Crippen LogP contribution is 2.29. The van der Waals surface area contributed by atoms with Crippen LogP contribution in [0.5, 0.6) is 0 Å². The Morgan fingerprint density at radius 1 is 1.21 bits per heavy atom. The van der Waals surface area contributed by atoms with E-state index in [4.69, 9.17) is 8.83 Å². The first-order valence-corrected chi connectivity index (χ1v) is 10.6. The van der Waals surface area contributed by atoms with Gasteiger partial charge in [-0.05, 0) is 43.5 Å². The molecule has 3 aromatic rings. The van der Waals surface area contributed by atoms with Crippen LogP contribution >= 0.6 is 0 Å². The predicted octanol–water partition coefficient (Wildman–Crippen LogP) is 2.52. The third-order valence-corrected chi connectivity index (χ3v) is 6.45. The van der Waals surface area contributed by atoms with E-state index in [0.29, 0.717) is 16.7 Å². The molecule has 4 rings (SSSR count). The fraction of sp³-hybridized carbons (Fsp3) is 0.300.